The SMILES string of the molecule is CCCc1cc(CC)cc(C(Nc2ccc(C#N)cc2)C(=O)O)c1OCC1CCCCC1. The lowest BCUT2D eigenvalue weighted by Crippen LogP contribution is -2.23. The molecule has 2 aromatic rings. The molecule has 0 amide bonds. The van der Waals surface area contributed by atoms with Gasteiger partial charge in [-0.25, -0.2) is 4.79 Å². The number of ether oxygens (including phenoxy) is 1. The number of carboxylic acids is 1. The second kappa shape index (κ2) is 11.6. The molecule has 32 heavy (non-hydrogen) atoms. The second-order valence-corrected chi connectivity index (χ2v) is 8.70. The first-order chi connectivity index (χ1) is 15.5. The maximum Gasteiger partial charge on any atom is 0.330 e. The fourth-order valence-corrected chi connectivity index (χ4v) is 4.47. The minimum absolute atomic E-state index is 0.534. The second-order valence-electron chi connectivity index (χ2n) is 8.70. The van der Waals surface area contributed by atoms with Crippen molar-refractivity contribution < 1.29 is 14.6 Å². The molecule has 1 atom stereocenters. The van der Waals surface area contributed by atoms with Crippen molar-refractivity contribution >= 4 is 11.7 Å². The van der Waals surface area contributed by atoms with Gasteiger partial charge in [0.2, 0.25) is 0 Å². The fraction of sp³-hybridized carbons (Fsp3) is 0.481. The molecule has 0 bridgehead atoms. The lowest BCUT2D eigenvalue weighted by atomic mass is 9.90. The van der Waals surface area contributed by atoms with Crippen LogP contribution < -0.4 is 10.1 Å². The average Bonchev–Trinajstić information content (AvgIpc) is 2.82. The molecule has 0 radical (unpaired) electrons. The number of nitrogens with zero attached hydrogens (tertiary/aromatic N) is 1. The number of nitrogens with one attached hydrogen (secondary N) is 1. The maximum absolute atomic E-state index is 12.4. The summed E-state index contributed by atoms with van der Waals surface area (Å²) in [5, 5.41) is 22.3. The minimum atomic E-state index is -0.951. The molecule has 1 aliphatic rings. The van der Waals surface area contributed by atoms with E-state index in [0.717, 1.165) is 36.1 Å². The van der Waals surface area contributed by atoms with Gasteiger partial charge in [-0.3, -0.25) is 0 Å². The zero-order valence-electron chi connectivity index (χ0n) is 19.2. The first-order valence-corrected chi connectivity index (χ1v) is 11.8. The molecule has 5 heteroatoms. The highest BCUT2D eigenvalue weighted by molar-refractivity contribution is 5.81. The standard InChI is InChI=1S/C27H34N2O3/c1-3-8-22-15-19(4-2)16-24(26(22)32-18-21-9-6-5-7-10-21)25(27(30)31)29-23-13-11-20(17-28)12-14-23/h11-16,21,25,29H,3-10,18H2,1-2H3,(H,30,31). The van der Waals surface area contributed by atoms with E-state index in [1.165, 1.54) is 32.1 Å². The Balaban J connectivity index is 1.97. The summed E-state index contributed by atoms with van der Waals surface area (Å²) >= 11 is 0. The number of benzene rings is 2. The van der Waals surface area contributed by atoms with Gasteiger partial charge < -0.3 is 15.2 Å². The Morgan fingerprint density at radius 1 is 1.19 bits per heavy atom. The number of hydrogen-bond donors (Lipinski definition) is 2. The van der Waals surface area contributed by atoms with E-state index in [9.17, 15) is 9.90 Å². The van der Waals surface area contributed by atoms with Gasteiger partial charge in [-0.1, -0.05) is 45.6 Å². The van der Waals surface area contributed by atoms with E-state index >= 15 is 0 Å². The summed E-state index contributed by atoms with van der Waals surface area (Å²) in [4.78, 5) is 12.4. The Bertz CT molecular complexity index is 941. The number of hydrogen-bond acceptors (Lipinski definition) is 4. The molecule has 1 aliphatic carbocycles. The molecule has 1 fully saturated rings. The van der Waals surface area contributed by atoms with Crippen LogP contribution in [0.25, 0.3) is 0 Å². The summed E-state index contributed by atoms with van der Waals surface area (Å²) in [7, 11) is 0. The van der Waals surface area contributed by atoms with Crippen molar-refractivity contribution in [2.75, 3.05) is 11.9 Å². The normalized spacial score (nSPS) is 15.0. The van der Waals surface area contributed by atoms with Crippen LogP contribution in [0.15, 0.2) is 36.4 Å². The third kappa shape index (κ3) is 6.03. The molecule has 3 rings (SSSR count). The fourth-order valence-electron chi connectivity index (χ4n) is 4.47. The van der Waals surface area contributed by atoms with Gasteiger partial charge in [-0.15, -0.1) is 0 Å². The smallest absolute Gasteiger partial charge is 0.330 e. The van der Waals surface area contributed by atoms with Crippen LogP contribution in [0, 0.1) is 17.2 Å². The highest BCUT2D eigenvalue weighted by atomic mass is 16.5. The molecule has 2 aromatic carbocycles. The average molecular weight is 435 g/mol. The highest BCUT2D eigenvalue weighted by Gasteiger charge is 2.27. The lowest BCUT2D eigenvalue weighted by molar-refractivity contribution is -0.138. The van der Waals surface area contributed by atoms with E-state index in [0.29, 0.717) is 29.3 Å². The van der Waals surface area contributed by atoms with Crippen molar-refractivity contribution in [2.45, 2.75) is 71.3 Å². The highest BCUT2D eigenvalue weighted by Crippen LogP contribution is 2.35. The van der Waals surface area contributed by atoms with E-state index in [1.54, 1.807) is 24.3 Å². The predicted molar refractivity (Wildman–Crippen MR) is 127 cm³/mol. The molecule has 5 nitrogen and oxygen atoms in total. The number of nitriles is 1. The molecule has 0 heterocycles. The Morgan fingerprint density at radius 3 is 2.50 bits per heavy atom. The van der Waals surface area contributed by atoms with Gasteiger partial charge in [0.15, 0.2) is 6.04 Å². The predicted octanol–water partition coefficient (Wildman–Crippen LogP) is 6.27. The minimum Gasteiger partial charge on any atom is -0.493 e. The lowest BCUT2D eigenvalue weighted by Gasteiger charge is -2.26. The Morgan fingerprint density at radius 2 is 1.91 bits per heavy atom. The summed E-state index contributed by atoms with van der Waals surface area (Å²) in [6.45, 7) is 4.85. The molecule has 1 saturated carbocycles. The third-order valence-corrected chi connectivity index (χ3v) is 6.25. The van der Waals surface area contributed by atoms with E-state index < -0.39 is 12.0 Å². The Hall–Kier alpha value is -3.00. The molecule has 2 N–H and O–H groups in total. The van der Waals surface area contributed by atoms with Gasteiger partial charge in [-0.2, -0.15) is 5.26 Å². The largest absolute Gasteiger partial charge is 0.493 e. The van der Waals surface area contributed by atoms with Gasteiger partial charge >= 0.3 is 5.97 Å². The van der Waals surface area contributed by atoms with Crippen LogP contribution in [0.5, 0.6) is 5.75 Å². The molecule has 0 aliphatic heterocycles. The van der Waals surface area contributed by atoms with Crippen molar-refractivity contribution in [1.82, 2.24) is 0 Å². The number of carbonyl (C=O) groups is 1. The monoisotopic (exact) mass is 434 g/mol. The third-order valence-electron chi connectivity index (χ3n) is 6.25. The molecule has 170 valence electrons. The summed E-state index contributed by atoms with van der Waals surface area (Å²) in [5.41, 5.74) is 4.08. The van der Waals surface area contributed by atoms with E-state index in [2.05, 4.69) is 31.3 Å². The number of aryl methyl sites for hydroxylation is 2. The van der Waals surface area contributed by atoms with Gasteiger partial charge in [0.1, 0.15) is 5.75 Å². The maximum atomic E-state index is 12.4. The van der Waals surface area contributed by atoms with Gasteiger partial charge in [0.25, 0.3) is 0 Å². The number of carboxylic acid groups (broad SMARTS) is 1. The van der Waals surface area contributed by atoms with E-state index in [-0.39, 0.29) is 0 Å². The summed E-state index contributed by atoms with van der Waals surface area (Å²) in [5.74, 6) is 0.308. The van der Waals surface area contributed by atoms with Gasteiger partial charge in [0.05, 0.1) is 18.2 Å². The van der Waals surface area contributed by atoms with E-state index in [1.807, 2.05) is 6.07 Å². The first-order valence-electron chi connectivity index (χ1n) is 11.8. The summed E-state index contributed by atoms with van der Waals surface area (Å²) < 4.78 is 6.42. The summed E-state index contributed by atoms with van der Waals surface area (Å²) in [6, 6.07) is 12.2. The number of rotatable bonds is 10. The summed E-state index contributed by atoms with van der Waals surface area (Å²) in [6.07, 6.45) is 8.79. The molecule has 0 aromatic heterocycles. The molecular weight excluding hydrogens is 400 g/mol. The van der Waals surface area contributed by atoms with Crippen LogP contribution in [-0.4, -0.2) is 17.7 Å². The van der Waals surface area contributed by atoms with Gasteiger partial charge in [-0.05, 0) is 73.1 Å². The van der Waals surface area contributed by atoms with Crippen molar-refractivity contribution in [3.8, 4) is 11.8 Å². The van der Waals surface area contributed by atoms with Crippen molar-refractivity contribution in [3.05, 3.63) is 58.7 Å². The van der Waals surface area contributed by atoms with E-state index in [4.69, 9.17) is 10.00 Å². The van der Waals surface area contributed by atoms with Crippen LogP contribution in [0.4, 0.5) is 5.69 Å². The molecule has 1 unspecified atom stereocenters. The molecule has 0 spiro atoms. The first kappa shape index (κ1) is 23.7. The number of anilines is 1. The quantitative estimate of drug-likeness (QED) is 0.460. The molecular formula is C27H34N2O3. The van der Waals surface area contributed by atoms with Gasteiger partial charge in [0, 0.05) is 11.3 Å². The Labute approximate surface area is 191 Å². The zero-order valence-corrected chi connectivity index (χ0v) is 19.2. The molecule has 0 saturated heterocycles. The zero-order chi connectivity index (χ0) is 22.9. The number of aliphatic carboxylic acids is 1. The van der Waals surface area contributed by atoms with Crippen LogP contribution in [0.1, 0.15) is 80.7 Å². The Kier molecular flexibility index (Phi) is 8.56. The van der Waals surface area contributed by atoms with Crippen LogP contribution in [0.2, 0.25) is 0 Å². The van der Waals surface area contributed by atoms with Crippen molar-refractivity contribution in [1.29, 1.82) is 5.26 Å². The topological polar surface area (TPSA) is 82.4 Å². The van der Waals surface area contributed by atoms with Crippen LogP contribution in [-0.2, 0) is 17.6 Å². The van der Waals surface area contributed by atoms with Crippen LogP contribution in [0.3, 0.4) is 0 Å². The van der Waals surface area contributed by atoms with Crippen molar-refractivity contribution in [3.63, 3.8) is 0 Å². The van der Waals surface area contributed by atoms with Crippen LogP contribution >= 0.6 is 0 Å². The van der Waals surface area contributed by atoms with Crippen molar-refractivity contribution in [2.24, 2.45) is 5.92 Å².